The highest BCUT2D eigenvalue weighted by Crippen LogP contribution is 2.09. The van der Waals surface area contributed by atoms with E-state index in [9.17, 15) is 0 Å². The number of nitrogens with zero attached hydrogens (tertiary/aromatic N) is 2. The lowest BCUT2D eigenvalue weighted by Gasteiger charge is -1.97. The molecule has 0 aliphatic carbocycles. The van der Waals surface area contributed by atoms with Gasteiger partial charge in [-0.05, 0) is 29.3 Å². The number of nitrogens with two attached hydrogens (primary N) is 1. The smallest absolute Gasteiger partial charge is 0.242 e. The van der Waals surface area contributed by atoms with Crippen LogP contribution in [0.1, 0.15) is 11.4 Å². The van der Waals surface area contributed by atoms with Gasteiger partial charge in [0.05, 0.1) is 0 Å². The number of halogens is 1. The SMILES string of the molecule is Nc1ccc(Cc2nc(Cl)n[nH]2)cc1. The van der Waals surface area contributed by atoms with E-state index in [1.807, 2.05) is 24.3 Å². The van der Waals surface area contributed by atoms with Gasteiger partial charge in [0, 0.05) is 12.1 Å². The first-order chi connectivity index (χ1) is 6.74. The molecule has 1 aromatic carbocycles. The summed E-state index contributed by atoms with van der Waals surface area (Å²) in [5.41, 5.74) is 7.44. The van der Waals surface area contributed by atoms with E-state index in [0.29, 0.717) is 6.42 Å². The van der Waals surface area contributed by atoms with Gasteiger partial charge in [0.15, 0.2) is 0 Å². The van der Waals surface area contributed by atoms with Crippen molar-refractivity contribution in [2.45, 2.75) is 6.42 Å². The topological polar surface area (TPSA) is 67.6 Å². The van der Waals surface area contributed by atoms with Crippen molar-refractivity contribution in [3.8, 4) is 0 Å². The lowest BCUT2D eigenvalue weighted by Crippen LogP contribution is -1.91. The van der Waals surface area contributed by atoms with Gasteiger partial charge < -0.3 is 5.73 Å². The number of nitrogens with one attached hydrogen (secondary N) is 1. The molecule has 0 saturated heterocycles. The van der Waals surface area contributed by atoms with Gasteiger partial charge in [-0.1, -0.05) is 12.1 Å². The molecule has 0 aliphatic rings. The Morgan fingerprint density at radius 1 is 1.29 bits per heavy atom. The van der Waals surface area contributed by atoms with Gasteiger partial charge in [-0.25, -0.2) is 4.98 Å². The van der Waals surface area contributed by atoms with Crippen molar-refractivity contribution in [1.29, 1.82) is 0 Å². The maximum Gasteiger partial charge on any atom is 0.242 e. The zero-order chi connectivity index (χ0) is 9.97. The molecular weight excluding hydrogens is 200 g/mol. The molecule has 0 fully saturated rings. The molecule has 2 aromatic rings. The standard InChI is InChI=1S/C9H9ClN4/c10-9-12-8(13-14-9)5-6-1-3-7(11)4-2-6/h1-4H,5,11H2,(H,12,13,14). The maximum absolute atomic E-state index is 5.58. The minimum Gasteiger partial charge on any atom is -0.399 e. The first kappa shape index (κ1) is 9.02. The number of rotatable bonds is 2. The van der Waals surface area contributed by atoms with Gasteiger partial charge in [-0.2, -0.15) is 0 Å². The van der Waals surface area contributed by atoms with Crippen LogP contribution in [0.15, 0.2) is 24.3 Å². The minimum atomic E-state index is 0.246. The van der Waals surface area contributed by atoms with Crippen LogP contribution in [0, 0.1) is 0 Å². The summed E-state index contributed by atoms with van der Waals surface area (Å²) in [7, 11) is 0. The highest BCUT2D eigenvalue weighted by molar-refractivity contribution is 6.28. The van der Waals surface area contributed by atoms with Crippen molar-refractivity contribution in [2.24, 2.45) is 0 Å². The molecule has 72 valence electrons. The number of nitrogen functional groups attached to an aromatic ring is 1. The fourth-order valence-electron chi connectivity index (χ4n) is 1.18. The number of hydrogen-bond donors (Lipinski definition) is 2. The van der Waals surface area contributed by atoms with Crippen LogP contribution in [0.4, 0.5) is 5.69 Å². The van der Waals surface area contributed by atoms with Crippen molar-refractivity contribution in [1.82, 2.24) is 15.2 Å². The Labute approximate surface area is 86.1 Å². The third kappa shape index (κ3) is 2.03. The van der Waals surface area contributed by atoms with Crippen molar-refractivity contribution in [2.75, 3.05) is 5.73 Å². The quantitative estimate of drug-likeness (QED) is 0.738. The average molecular weight is 209 g/mol. The second-order valence-electron chi connectivity index (χ2n) is 2.97. The predicted molar refractivity (Wildman–Crippen MR) is 55.1 cm³/mol. The Kier molecular flexibility index (Phi) is 2.37. The molecular formula is C9H9ClN4. The fraction of sp³-hybridized carbons (Fsp3) is 0.111. The molecule has 4 nitrogen and oxygen atoms in total. The molecule has 5 heteroatoms. The number of aromatic nitrogens is 3. The van der Waals surface area contributed by atoms with Gasteiger partial charge in [0.25, 0.3) is 0 Å². The number of benzene rings is 1. The number of hydrogen-bond acceptors (Lipinski definition) is 3. The summed E-state index contributed by atoms with van der Waals surface area (Å²) in [6.07, 6.45) is 0.681. The average Bonchev–Trinajstić information content (AvgIpc) is 2.56. The first-order valence-corrected chi connectivity index (χ1v) is 4.53. The van der Waals surface area contributed by atoms with Gasteiger partial charge >= 0.3 is 0 Å². The van der Waals surface area contributed by atoms with E-state index in [2.05, 4.69) is 15.2 Å². The van der Waals surface area contributed by atoms with Crippen LogP contribution < -0.4 is 5.73 Å². The number of aromatic amines is 1. The molecule has 14 heavy (non-hydrogen) atoms. The van der Waals surface area contributed by atoms with Crippen LogP contribution in [0.2, 0.25) is 5.28 Å². The Morgan fingerprint density at radius 3 is 2.57 bits per heavy atom. The highest BCUT2D eigenvalue weighted by Gasteiger charge is 2.01. The summed E-state index contributed by atoms with van der Waals surface area (Å²) in [5, 5.41) is 6.72. The van der Waals surface area contributed by atoms with Gasteiger partial charge in [-0.15, -0.1) is 5.10 Å². The summed E-state index contributed by atoms with van der Waals surface area (Å²) in [6.45, 7) is 0. The largest absolute Gasteiger partial charge is 0.399 e. The molecule has 0 aliphatic heterocycles. The van der Waals surface area contributed by atoms with Crippen LogP contribution in [0.5, 0.6) is 0 Å². The summed E-state index contributed by atoms with van der Waals surface area (Å²) >= 11 is 5.58. The van der Waals surface area contributed by atoms with Crippen LogP contribution in [0.25, 0.3) is 0 Å². The second-order valence-corrected chi connectivity index (χ2v) is 3.31. The summed E-state index contributed by atoms with van der Waals surface area (Å²) in [6, 6.07) is 7.61. The van der Waals surface area contributed by atoms with Gasteiger partial charge in [-0.3, -0.25) is 5.10 Å². The van der Waals surface area contributed by atoms with Crippen molar-refractivity contribution in [3.63, 3.8) is 0 Å². The molecule has 0 atom stereocenters. The molecule has 0 amide bonds. The monoisotopic (exact) mass is 208 g/mol. The zero-order valence-electron chi connectivity index (χ0n) is 7.37. The molecule has 1 heterocycles. The second kappa shape index (κ2) is 3.67. The molecule has 0 unspecified atom stereocenters. The zero-order valence-corrected chi connectivity index (χ0v) is 8.12. The van der Waals surface area contributed by atoms with E-state index in [4.69, 9.17) is 17.3 Å². The Hall–Kier alpha value is -1.55. The van der Waals surface area contributed by atoms with E-state index < -0.39 is 0 Å². The Balaban J connectivity index is 2.15. The van der Waals surface area contributed by atoms with E-state index in [-0.39, 0.29) is 5.28 Å². The molecule has 2 rings (SSSR count). The van der Waals surface area contributed by atoms with Crippen molar-refractivity contribution in [3.05, 3.63) is 40.9 Å². The molecule has 1 aromatic heterocycles. The lowest BCUT2D eigenvalue weighted by atomic mass is 10.1. The van der Waals surface area contributed by atoms with E-state index in [1.54, 1.807) is 0 Å². The van der Waals surface area contributed by atoms with Gasteiger partial charge in [0.1, 0.15) is 5.82 Å². The predicted octanol–water partition coefficient (Wildman–Crippen LogP) is 1.63. The number of anilines is 1. The van der Waals surface area contributed by atoms with Crippen LogP contribution in [0.3, 0.4) is 0 Å². The first-order valence-electron chi connectivity index (χ1n) is 4.15. The Bertz CT molecular complexity index is 421. The number of H-pyrrole nitrogens is 1. The molecule has 3 N–H and O–H groups in total. The fourth-order valence-corrected chi connectivity index (χ4v) is 1.32. The maximum atomic E-state index is 5.58. The van der Waals surface area contributed by atoms with Crippen LogP contribution >= 0.6 is 11.6 Å². The molecule has 0 saturated carbocycles. The minimum absolute atomic E-state index is 0.246. The van der Waals surface area contributed by atoms with Crippen LogP contribution in [-0.2, 0) is 6.42 Å². The van der Waals surface area contributed by atoms with E-state index >= 15 is 0 Å². The van der Waals surface area contributed by atoms with E-state index in [1.165, 1.54) is 0 Å². The van der Waals surface area contributed by atoms with Crippen LogP contribution in [-0.4, -0.2) is 15.2 Å². The third-order valence-electron chi connectivity index (χ3n) is 1.86. The third-order valence-corrected chi connectivity index (χ3v) is 2.02. The van der Waals surface area contributed by atoms with Crippen molar-refractivity contribution < 1.29 is 0 Å². The van der Waals surface area contributed by atoms with Crippen molar-refractivity contribution >= 4 is 17.3 Å². The lowest BCUT2D eigenvalue weighted by molar-refractivity contribution is 0.972. The highest BCUT2D eigenvalue weighted by atomic mass is 35.5. The van der Waals surface area contributed by atoms with Gasteiger partial charge in [0.2, 0.25) is 5.28 Å². The summed E-state index contributed by atoms with van der Waals surface area (Å²) in [5.74, 6) is 0.750. The normalized spacial score (nSPS) is 10.4. The Morgan fingerprint density at radius 2 is 2.00 bits per heavy atom. The summed E-state index contributed by atoms with van der Waals surface area (Å²) in [4.78, 5) is 4.00. The summed E-state index contributed by atoms with van der Waals surface area (Å²) < 4.78 is 0. The van der Waals surface area contributed by atoms with E-state index in [0.717, 1.165) is 17.1 Å². The molecule has 0 spiro atoms. The molecule has 0 bridgehead atoms. The molecule has 0 radical (unpaired) electrons.